The summed E-state index contributed by atoms with van der Waals surface area (Å²) in [6.45, 7) is 2.86. The SMILES string of the molecule is Cc1ccccc1NC(=O)N1CCCCC[C@H]1c1cccs1. The maximum atomic E-state index is 12.8. The van der Waals surface area contributed by atoms with E-state index in [-0.39, 0.29) is 12.1 Å². The van der Waals surface area contributed by atoms with Crippen molar-refractivity contribution >= 4 is 23.1 Å². The topological polar surface area (TPSA) is 32.3 Å². The first kappa shape index (κ1) is 15.1. The quantitative estimate of drug-likeness (QED) is 0.811. The van der Waals surface area contributed by atoms with E-state index in [9.17, 15) is 4.79 Å². The number of carbonyl (C=O) groups is 1. The lowest BCUT2D eigenvalue weighted by atomic mass is 10.1. The van der Waals surface area contributed by atoms with E-state index in [0.717, 1.165) is 30.6 Å². The van der Waals surface area contributed by atoms with E-state index in [1.807, 2.05) is 36.1 Å². The molecule has 2 amide bonds. The van der Waals surface area contributed by atoms with Gasteiger partial charge in [-0.25, -0.2) is 4.79 Å². The van der Waals surface area contributed by atoms with Crippen LogP contribution in [0.3, 0.4) is 0 Å². The van der Waals surface area contributed by atoms with Gasteiger partial charge in [-0.2, -0.15) is 0 Å². The molecule has 1 N–H and O–H groups in total. The molecule has 0 unspecified atom stereocenters. The molecule has 0 saturated carbocycles. The Morgan fingerprint density at radius 1 is 1.18 bits per heavy atom. The fourth-order valence-electron chi connectivity index (χ4n) is 3.03. The van der Waals surface area contributed by atoms with Crippen LogP contribution in [0.4, 0.5) is 10.5 Å². The Bertz CT molecular complexity index is 624. The van der Waals surface area contributed by atoms with Crippen molar-refractivity contribution in [2.75, 3.05) is 11.9 Å². The van der Waals surface area contributed by atoms with Gasteiger partial charge >= 0.3 is 6.03 Å². The second kappa shape index (κ2) is 6.97. The third-order valence-electron chi connectivity index (χ3n) is 4.27. The number of nitrogens with one attached hydrogen (secondary N) is 1. The summed E-state index contributed by atoms with van der Waals surface area (Å²) in [6.07, 6.45) is 4.54. The zero-order valence-corrected chi connectivity index (χ0v) is 13.7. The van der Waals surface area contributed by atoms with E-state index in [4.69, 9.17) is 0 Å². The molecule has 4 heteroatoms. The molecule has 3 rings (SSSR count). The number of nitrogens with zero attached hydrogens (tertiary/aromatic N) is 1. The van der Waals surface area contributed by atoms with Crippen LogP contribution in [0.25, 0.3) is 0 Å². The number of carbonyl (C=O) groups excluding carboxylic acids is 1. The first-order valence-electron chi connectivity index (χ1n) is 7.92. The number of thiophene rings is 1. The monoisotopic (exact) mass is 314 g/mol. The number of aryl methyl sites for hydroxylation is 1. The van der Waals surface area contributed by atoms with Crippen molar-refractivity contribution in [3.8, 4) is 0 Å². The van der Waals surface area contributed by atoms with Gasteiger partial charge in [0.1, 0.15) is 0 Å². The summed E-state index contributed by atoms with van der Waals surface area (Å²) in [5.74, 6) is 0. The Kier molecular flexibility index (Phi) is 4.78. The Labute approximate surface area is 136 Å². The maximum Gasteiger partial charge on any atom is 0.322 e. The van der Waals surface area contributed by atoms with Crippen molar-refractivity contribution in [1.82, 2.24) is 4.90 Å². The molecule has 0 bridgehead atoms. The average Bonchev–Trinajstić information content (AvgIpc) is 2.94. The molecule has 1 saturated heterocycles. The summed E-state index contributed by atoms with van der Waals surface area (Å²) in [6, 6.07) is 12.4. The van der Waals surface area contributed by atoms with Gasteiger partial charge in [-0.1, -0.05) is 37.1 Å². The van der Waals surface area contributed by atoms with E-state index in [2.05, 4.69) is 22.8 Å². The molecule has 3 nitrogen and oxygen atoms in total. The molecule has 2 aromatic rings. The molecule has 1 atom stereocenters. The predicted octanol–water partition coefficient (Wildman–Crippen LogP) is 5.21. The first-order chi connectivity index (χ1) is 10.8. The van der Waals surface area contributed by atoms with Gasteiger partial charge in [0.2, 0.25) is 0 Å². The number of urea groups is 1. The number of anilines is 1. The largest absolute Gasteiger partial charge is 0.322 e. The Morgan fingerprint density at radius 3 is 2.82 bits per heavy atom. The highest BCUT2D eigenvalue weighted by Crippen LogP contribution is 2.33. The second-order valence-electron chi connectivity index (χ2n) is 5.82. The van der Waals surface area contributed by atoms with Crippen LogP contribution in [0.5, 0.6) is 0 Å². The predicted molar refractivity (Wildman–Crippen MR) is 92.4 cm³/mol. The molecule has 1 aliphatic heterocycles. The number of benzene rings is 1. The summed E-state index contributed by atoms with van der Waals surface area (Å²) in [5.41, 5.74) is 2.00. The fraction of sp³-hybridized carbons (Fsp3) is 0.389. The summed E-state index contributed by atoms with van der Waals surface area (Å²) in [7, 11) is 0. The molecule has 2 heterocycles. The third-order valence-corrected chi connectivity index (χ3v) is 5.25. The number of hydrogen-bond donors (Lipinski definition) is 1. The minimum atomic E-state index is 0.0228. The molecule has 116 valence electrons. The molecule has 0 spiro atoms. The standard InChI is InChI=1S/C18H22N2OS/c1-14-8-4-5-9-15(14)19-18(21)20-12-6-2-3-10-16(20)17-11-7-13-22-17/h4-5,7-9,11,13,16H,2-3,6,10,12H2,1H3,(H,19,21)/t16-/m0/s1. The Morgan fingerprint density at radius 2 is 2.05 bits per heavy atom. The van der Waals surface area contributed by atoms with Gasteiger partial charge in [-0.05, 0) is 42.8 Å². The van der Waals surface area contributed by atoms with Crippen LogP contribution in [0, 0.1) is 6.92 Å². The van der Waals surface area contributed by atoms with Gasteiger partial charge in [0.15, 0.2) is 0 Å². The smallest absolute Gasteiger partial charge is 0.317 e. The summed E-state index contributed by atoms with van der Waals surface area (Å²) in [5, 5.41) is 5.19. The normalized spacial score (nSPS) is 18.8. The molecule has 0 aliphatic carbocycles. The summed E-state index contributed by atoms with van der Waals surface area (Å²) >= 11 is 1.75. The van der Waals surface area contributed by atoms with E-state index in [0.29, 0.717) is 0 Å². The second-order valence-corrected chi connectivity index (χ2v) is 6.80. The van der Waals surface area contributed by atoms with Crippen LogP contribution in [0.2, 0.25) is 0 Å². The molecular weight excluding hydrogens is 292 g/mol. The first-order valence-corrected chi connectivity index (χ1v) is 8.80. The van der Waals surface area contributed by atoms with E-state index in [1.165, 1.54) is 17.7 Å². The van der Waals surface area contributed by atoms with Crippen molar-refractivity contribution in [1.29, 1.82) is 0 Å². The van der Waals surface area contributed by atoms with Gasteiger partial charge in [-0.15, -0.1) is 11.3 Å². The van der Waals surface area contributed by atoms with Crippen molar-refractivity contribution in [3.05, 3.63) is 52.2 Å². The third kappa shape index (κ3) is 3.33. The highest BCUT2D eigenvalue weighted by atomic mass is 32.1. The molecule has 1 aromatic carbocycles. The zero-order valence-electron chi connectivity index (χ0n) is 12.9. The Hall–Kier alpha value is -1.81. The van der Waals surface area contributed by atoms with Crippen molar-refractivity contribution in [3.63, 3.8) is 0 Å². The fourth-order valence-corrected chi connectivity index (χ4v) is 3.90. The van der Waals surface area contributed by atoms with Crippen LogP contribution in [-0.2, 0) is 0 Å². The lowest BCUT2D eigenvalue weighted by Gasteiger charge is -2.29. The lowest BCUT2D eigenvalue weighted by Crippen LogP contribution is -2.37. The number of hydrogen-bond acceptors (Lipinski definition) is 2. The van der Waals surface area contributed by atoms with Crippen LogP contribution in [0.1, 0.15) is 42.2 Å². The molecule has 22 heavy (non-hydrogen) atoms. The molecule has 1 aliphatic rings. The van der Waals surface area contributed by atoms with Crippen LogP contribution < -0.4 is 5.32 Å². The van der Waals surface area contributed by atoms with E-state index < -0.39 is 0 Å². The van der Waals surface area contributed by atoms with E-state index >= 15 is 0 Å². The minimum Gasteiger partial charge on any atom is -0.317 e. The number of para-hydroxylation sites is 1. The van der Waals surface area contributed by atoms with Crippen molar-refractivity contribution in [2.45, 2.75) is 38.6 Å². The zero-order chi connectivity index (χ0) is 15.4. The summed E-state index contributed by atoms with van der Waals surface area (Å²) in [4.78, 5) is 16.1. The van der Waals surface area contributed by atoms with Gasteiger partial charge < -0.3 is 10.2 Å². The molecular formula is C18H22N2OS. The Balaban J connectivity index is 1.80. The highest BCUT2D eigenvalue weighted by molar-refractivity contribution is 7.10. The van der Waals surface area contributed by atoms with Crippen molar-refractivity contribution in [2.24, 2.45) is 0 Å². The van der Waals surface area contributed by atoms with Crippen LogP contribution >= 0.6 is 11.3 Å². The van der Waals surface area contributed by atoms with Crippen LogP contribution in [-0.4, -0.2) is 17.5 Å². The number of amides is 2. The van der Waals surface area contributed by atoms with Crippen molar-refractivity contribution < 1.29 is 4.79 Å². The van der Waals surface area contributed by atoms with E-state index in [1.54, 1.807) is 11.3 Å². The van der Waals surface area contributed by atoms with Gasteiger partial charge in [0.25, 0.3) is 0 Å². The molecule has 1 fully saturated rings. The summed E-state index contributed by atoms with van der Waals surface area (Å²) < 4.78 is 0. The number of rotatable bonds is 2. The minimum absolute atomic E-state index is 0.0228. The van der Waals surface area contributed by atoms with Gasteiger partial charge in [-0.3, -0.25) is 0 Å². The highest BCUT2D eigenvalue weighted by Gasteiger charge is 2.27. The van der Waals surface area contributed by atoms with Gasteiger partial charge in [0, 0.05) is 17.1 Å². The average molecular weight is 314 g/mol. The lowest BCUT2D eigenvalue weighted by molar-refractivity contribution is 0.190. The molecule has 1 aromatic heterocycles. The number of likely N-dealkylation sites (tertiary alicyclic amines) is 1. The van der Waals surface area contributed by atoms with Crippen LogP contribution in [0.15, 0.2) is 41.8 Å². The maximum absolute atomic E-state index is 12.8. The van der Waals surface area contributed by atoms with Gasteiger partial charge in [0.05, 0.1) is 6.04 Å². The molecule has 0 radical (unpaired) electrons.